The fourth-order valence-corrected chi connectivity index (χ4v) is 3.11. The third-order valence-electron chi connectivity index (χ3n) is 4.13. The van der Waals surface area contributed by atoms with Crippen molar-refractivity contribution in [3.8, 4) is 0 Å². The van der Waals surface area contributed by atoms with Gasteiger partial charge in [-0.3, -0.25) is 4.90 Å². The van der Waals surface area contributed by atoms with Gasteiger partial charge in [0.05, 0.1) is 19.8 Å². The molecular weight excluding hydrogens is 230 g/mol. The van der Waals surface area contributed by atoms with E-state index in [1.54, 1.807) is 0 Å². The second-order valence-electron chi connectivity index (χ2n) is 5.45. The molecular formula is C13H27N3O2. The summed E-state index contributed by atoms with van der Waals surface area (Å²) in [5, 5.41) is 12.5. The van der Waals surface area contributed by atoms with Gasteiger partial charge in [-0.05, 0) is 25.9 Å². The van der Waals surface area contributed by atoms with Gasteiger partial charge in [0.25, 0.3) is 0 Å². The van der Waals surface area contributed by atoms with Crippen LogP contribution in [0.5, 0.6) is 0 Å². The Morgan fingerprint density at radius 1 is 1.39 bits per heavy atom. The number of nitrogens with one attached hydrogen (secondary N) is 1. The maximum absolute atomic E-state index is 9.00. The van der Waals surface area contributed by atoms with Gasteiger partial charge in [0.2, 0.25) is 0 Å². The van der Waals surface area contributed by atoms with Crippen molar-refractivity contribution in [2.75, 3.05) is 66.1 Å². The highest BCUT2D eigenvalue weighted by Gasteiger charge is 2.31. The first-order valence-corrected chi connectivity index (χ1v) is 7.13. The van der Waals surface area contributed by atoms with Crippen molar-refractivity contribution in [3.63, 3.8) is 0 Å². The zero-order chi connectivity index (χ0) is 12.8. The van der Waals surface area contributed by atoms with Crippen molar-refractivity contribution >= 4 is 0 Å². The van der Waals surface area contributed by atoms with Crippen LogP contribution in [-0.4, -0.2) is 87.1 Å². The number of aliphatic hydroxyl groups excluding tert-OH is 1. The number of morpholine rings is 1. The summed E-state index contributed by atoms with van der Waals surface area (Å²) < 4.78 is 5.44. The number of ether oxygens (including phenoxy) is 1. The Bertz CT molecular complexity index is 234. The van der Waals surface area contributed by atoms with Crippen molar-refractivity contribution in [3.05, 3.63) is 0 Å². The van der Waals surface area contributed by atoms with E-state index in [0.717, 1.165) is 52.5 Å². The van der Waals surface area contributed by atoms with Crippen molar-refractivity contribution in [2.24, 2.45) is 5.92 Å². The summed E-state index contributed by atoms with van der Waals surface area (Å²) in [7, 11) is 2.11. The Morgan fingerprint density at radius 2 is 2.17 bits per heavy atom. The van der Waals surface area contributed by atoms with E-state index in [1.165, 1.54) is 6.42 Å². The van der Waals surface area contributed by atoms with Crippen LogP contribution in [0.25, 0.3) is 0 Å². The molecule has 0 saturated carbocycles. The van der Waals surface area contributed by atoms with Crippen molar-refractivity contribution in [1.29, 1.82) is 0 Å². The Labute approximate surface area is 110 Å². The Kier molecular flexibility index (Phi) is 5.85. The minimum Gasteiger partial charge on any atom is -0.395 e. The summed E-state index contributed by atoms with van der Waals surface area (Å²) in [4.78, 5) is 4.83. The summed E-state index contributed by atoms with van der Waals surface area (Å²) in [6.45, 7) is 8.20. The molecule has 18 heavy (non-hydrogen) atoms. The second kappa shape index (κ2) is 7.40. The first kappa shape index (κ1) is 14.2. The summed E-state index contributed by atoms with van der Waals surface area (Å²) in [6.07, 6.45) is 1.23. The topological polar surface area (TPSA) is 48.0 Å². The molecule has 2 aliphatic rings. The number of likely N-dealkylation sites (N-methyl/N-ethyl adjacent to an activating group) is 1. The maximum atomic E-state index is 9.00. The smallest absolute Gasteiger partial charge is 0.0594 e. The molecule has 5 nitrogen and oxygen atoms in total. The van der Waals surface area contributed by atoms with E-state index in [-0.39, 0.29) is 6.61 Å². The van der Waals surface area contributed by atoms with Crippen LogP contribution < -0.4 is 5.32 Å². The van der Waals surface area contributed by atoms with Crippen LogP contribution in [0.1, 0.15) is 6.42 Å². The lowest BCUT2D eigenvalue weighted by molar-refractivity contribution is -0.00790. The van der Waals surface area contributed by atoms with Gasteiger partial charge in [-0.25, -0.2) is 0 Å². The summed E-state index contributed by atoms with van der Waals surface area (Å²) in [6, 6.07) is 0.629. The fourth-order valence-electron chi connectivity index (χ4n) is 3.11. The van der Waals surface area contributed by atoms with Gasteiger partial charge in [0.15, 0.2) is 0 Å². The standard InChI is InChI=1S/C13H27N3O2/c1-15(4-7-17)11-12-2-3-14-10-13(12)16-5-8-18-9-6-16/h12-14,17H,2-11H2,1H3. The van der Waals surface area contributed by atoms with E-state index in [2.05, 4.69) is 22.2 Å². The first-order valence-electron chi connectivity index (χ1n) is 7.13. The maximum Gasteiger partial charge on any atom is 0.0594 e. The highest BCUT2D eigenvalue weighted by molar-refractivity contribution is 4.88. The highest BCUT2D eigenvalue weighted by Crippen LogP contribution is 2.20. The van der Waals surface area contributed by atoms with E-state index in [1.807, 2.05) is 0 Å². The summed E-state index contributed by atoms with van der Waals surface area (Å²) in [5.74, 6) is 0.709. The molecule has 0 spiro atoms. The lowest BCUT2D eigenvalue weighted by Gasteiger charge is -2.43. The van der Waals surface area contributed by atoms with E-state index in [4.69, 9.17) is 9.84 Å². The molecule has 2 heterocycles. The zero-order valence-corrected chi connectivity index (χ0v) is 11.5. The average molecular weight is 257 g/mol. The van der Waals surface area contributed by atoms with Crippen LogP contribution in [-0.2, 0) is 4.74 Å². The molecule has 2 unspecified atom stereocenters. The van der Waals surface area contributed by atoms with Crippen LogP contribution in [0.15, 0.2) is 0 Å². The molecule has 2 saturated heterocycles. The van der Waals surface area contributed by atoms with Crippen molar-refractivity contribution in [2.45, 2.75) is 12.5 Å². The van der Waals surface area contributed by atoms with Crippen LogP contribution in [0, 0.1) is 5.92 Å². The molecule has 0 aliphatic carbocycles. The predicted molar refractivity (Wildman–Crippen MR) is 71.7 cm³/mol. The van der Waals surface area contributed by atoms with E-state index in [9.17, 15) is 0 Å². The zero-order valence-electron chi connectivity index (χ0n) is 11.5. The Balaban J connectivity index is 1.88. The van der Waals surface area contributed by atoms with Crippen LogP contribution in [0.4, 0.5) is 0 Å². The predicted octanol–water partition coefficient (Wildman–Crippen LogP) is -0.779. The molecule has 2 fully saturated rings. The van der Waals surface area contributed by atoms with Crippen molar-refractivity contribution in [1.82, 2.24) is 15.1 Å². The normalized spacial score (nSPS) is 30.8. The van der Waals surface area contributed by atoms with E-state index >= 15 is 0 Å². The van der Waals surface area contributed by atoms with E-state index in [0.29, 0.717) is 12.0 Å². The van der Waals surface area contributed by atoms with Gasteiger partial charge >= 0.3 is 0 Å². The molecule has 5 heteroatoms. The molecule has 0 aromatic heterocycles. The van der Waals surface area contributed by atoms with Gasteiger partial charge in [-0.1, -0.05) is 0 Å². The molecule has 2 aliphatic heterocycles. The minimum absolute atomic E-state index is 0.254. The molecule has 0 bridgehead atoms. The highest BCUT2D eigenvalue weighted by atomic mass is 16.5. The number of nitrogens with zero attached hydrogens (tertiary/aromatic N) is 2. The third-order valence-corrected chi connectivity index (χ3v) is 4.13. The molecule has 0 aromatic rings. The fraction of sp³-hybridized carbons (Fsp3) is 1.00. The van der Waals surface area contributed by atoms with Gasteiger partial charge in [-0.2, -0.15) is 0 Å². The van der Waals surface area contributed by atoms with E-state index < -0.39 is 0 Å². The van der Waals surface area contributed by atoms with Gasteiger partial charge < -0.3 is 20.1 Å². The first-order chi connectivity index (χ1) is 8.81. The van der Waals surface area contributed by atoms with Crippen LogP contribution >= 0.6 is 0 Å². The lowest BCUT2D eigenvalue weighted by atomic mass is 9.90. The molecule has 2 atom stereocenters. The average Bonchev–Trinajstić information content (AvgIpc) is 2.40. The van der Waals surface area contributed by atoms with Gasteiger partial charge in [0, 0.05) is 38.8 Å². The summed E-state index contributed by atoms with van der Waals surface area (Å²) >= 11 is 0. The Hall–Kier alpha value is -0.200. The minimum atomic E-state index is 0.254. The lowest BCUT2D eigenvalue weighted by Crippen LogP contribution is -2.56. The largest absolute Gasteiger partial charge is 0.395 e. The number of rotatable bonds is 5. The number of piperidine rings is 1. The van der Waals surface area contributed by atoms with Gasteiger partial charge in [0.1, 0.15) is 0 Å². The second-order valence-corrected chi connectivity index (χ2v) is 5.45. The number of hydrogen-bond acceptors (Lipinski definition) is 5. The third kappa shape index (κ3) is 3.90. The number of hydrogen-bond donors (Lipinski definition) is 2. The van der Waals surface area contributed by atoms with Crippen LogP contribution in [0.2, 0.25) is 0 Å². The van der Waals surface area contributed by atoms with Gasteiger partial charge in [-0.15, -0.1) is 0 Å². The quantitative estimate of drug-likeness (QED) is 0.677. The summed E-state index contributed by atoms with van der Waals surface area (Å²) in [5.41, 5.74) is 0. The van der Waals surface area contributed by atoms with Crippen LogP contribution in [0.3, 0.4) is 0 Å². The number of aliphatic hydroxyl groups is 1. The molecule has 106 valence electrons. The van der Waals surface area contributed by atoms with Crippen molar-refractivity contribution < 1.29 is 9.84 Å². The SMILES string of the molecule is CN(CCO)CC1CCNCC1N1CCOCC1. The molecule has 0 radical (unpaired) electrons. The molecule has 0 amide bonds. The molecule has 2 rings (SSSR count). The molecule has 0 aromatic carbocycles. The molecule has 2 N–H and O–H groups in total. The Morgan fingerprint density at radius 3 is 2.89 bits per heavy atom. The monoisotopic (exact) mass is 257 g/mol.